The Morgan fingerprint density at radius 2 is 2.00 bits per heavy atom. The van der Waals surface area contributed by atoms with Gasteiger partial charge >= 0.3 is 6.18 Å². The average Bonchev–Trinajstić information content (AvgIpc) is 3.11. The maximum Gasteiger partial charge on any atom is 0.435 e. The van der Waals surface area contributed by atoms with Crippen LogP contribution in [0.25, 0.3) is 11.3 Å². The summed E-state index contributed by atoms with van der Waals surface area (Å²) in [4.78, 5) is 12.8. The summed E-state index contributed by atoms with van der Waals surface area (Å²) in [6, 6.07) is 4.38. The summed E-state index contributed by atoms with van der Waals surface area (Å²) in [5, 5.41) is 6.02. The number of carbonyl (C=O) groups excluding carboxylic acids is 1. The van der Waals surface area contributed by atoms with Gasteiger partial charge in [0, 0.05) is 23.2 Å². The number of alkyl halides is 3. The number of amides is 1. The molecule has 27 heavy (non-hydrogen) atoms. The van der Waals surface area contributed by atoms with E-state index in [1.165, 1.54) is 19.2 Å². The number of halogens is 5. The van der Waals surface area contributed by atoms with Crippen LogP contribution in [0.3, 0.4) is 0 Å². The number of aryl methyl sites for hydroxylation is 2. The van der Waals surface area contributed by atoms with Crippen LogP contribution in [0.4, 0.5) is 23.2 Å². The quantitative estimate of drug-likeness (QED) is 0.614. The molecule has 0 aliphatic heterocycles. The van der Waals surface area contributed by atoms with Crippen molar-refractivity contribution < 1.29 is 22.4 Å². The van der Waals surface area contributed by atoms with Gasteiger partial charge in [-0.1, -0.05) is 11.6 Å². The van der Waals surface area contributed by atoms with Crippen LogP contribution in [-0.4, -0.2) is 20.1 Å². The van der Waals surface area contributed by atoms with E-state index in [2.05, 4.69) is 14.8 Å². The second-order valence-corrected chi connectivity index (χ2v) is 6.94. The number of nitrogens with zero attached hydrogens (tertiary/aromatic N) is 3. The SMILES string of the molecule is Cc1snc(C(=O)Nc2ccc(-c3cc(C(F)(F)F)nn3C)c(F)c2)c1Cl. The van der Waals surface area contributed by atoms with Gasteiger partial charge in [-0.3, -0.25) is 9.48 Å². The van der Waals surface area contributed by atoms with Crippen LogP contribution in [0.15, 0.2) is 24.3 Å². The Labute approximate surface area is 159 Å². The summed E-state index contributed by atoms with van der Waals surface area (Å²) in [5.41, 5.74) is -1.12. The van der Waals surface area contributed by atoms with Gasteiger partial charge < -0.3 is 5.32 Å². The third-order valence-electron chi connectivity index (χ3n) is 3.68. The maximum atomic E-state index is 14.4. The molecule has 5 nitrogen and oxygen atoms in total. The number of nitrogens with one attached hydrogen (secondary N) is 1. The second-order valence-electron chi connectivity index (χ2n) is 5.59. The van der Waals surface area contributed by atoms with Gasteiger partial charge in [0.2, 0.25) is 0 Å². The Hall–Kier alpha value is -2.46. The number of hydrogen-bond donors (Lipinski definition) is 1. The number of carbonyl (C=O) groups is 1. The zero-order valence-electron chi connectivity index (χ0n) is 13.9. The molecule has 0 fully saturated rings. The number of benzene rings is 1. The van der Waals surface area contributed by atoms with Gasteiger partial charge in [0.25, 0.3) is 5.91 Å². The van der Waals surface area contributed by atoms with Crippen molar-refractivity contribution in [2.24, 2.45) is 7.05 Å². The zero-order chi connectivity index (χ0) is 19.9. The van der Waals surface area contributed by atoms with Crippen LogP contribution in [0.1, 0.15) is 21.1 Å². The van der Waals surface area contributed by atoms with Gasteiger partial charge in [0.15, 0.2) is 11.4 Å². The van der Waals surface area contributed by atoms with Crippen molar-refractivity contribution in [3.05, 3.63) is 51.4 Å². The molecule has 0 radical (unpaired) electrons. The molecular formula is C16H11ClF4N4OS. The van der Waals surface area contributed by atoms with E-state index in [0.717, 1.165) is 28.3 Å². The lowest BCUT2D eigenvalue weighted by atomic mass is 10.1. The summed E-state index contributed by atoms with van der Waals surface area (Å²) in [6.45, 7) is 1.70. The molecule has 0 bridgehead atoms. The molecule has 2 aromatic heterocycles. The Bertz CT molecular complexity index is 1030. The molecule has 2 heterocycles. The highest BCUT2D eigenvalue weighted by atomic mass is 35.5. The summed E-state index contributed by atoms with van der Waals surface area (Å²) < 4.78 is 57.6. The highest BCUT2D eigenvalue weighted by Crippen LogP contribution is 2.33. The van der Waals surface area contributed by atoms with Crippen molar-refractivity contribution in [1.82, 2.24) is 14.2 Å². The molecular weight excluding hydrogens is 408 g/mol. The minimum absolute atomic E-state index is 0.0186. The molecule has 0 unspecified atom stereocenters. The van der Waals surface area contributed by atoms with Crippen LogP contribution in [0.5, 0.6) is 0 Å². The van der Waals surface area contributed by atoms with Crippen molar-refractivity contribution in [3.63, 3.8) is 0 Å². The van der Waals surface area contributed by atoms with Crippen molar-refractivity contribution in [2.45, 2.75) is 13.1 Å². The van der Waals surface area contributed by atoms with Crippen molar-refractivity contribution >= 4 is 34.7 Å². The van der Waals surface area contributed by atoms with Crippen LogP contribution < -0.4 is 5.32 Å². The fraction of sp³-hybridized carbons (Fsp3) is 0.188. The summed E-state index contributed by atoms with van der Waals surface area (Å²) >= 11 is 7.03. The summed E-state index contributed by atoms with van der Waals surface area (Å²) in [5.74, 6) is -1.43. The first kappa shape index (κ1) is 19.3. The lowest BCUT2D eigenvalue weighted by Crippen LogP contribution is -2.13. The van der Waals surface area contributed by atoms with E-state index >= 15 is 0 Å². The molecule has 0 saturated heterocycles. The van der Waals surface area contributed by atoms with Crippen LogP contribution in [-0.2, 0) is 13.2 Å². The van der Waals surface area contributed by atoms with E-state index in [1.807, 2.05) is 0 Å². The van der Waals surface area contributed by atoms with Gasteiger partial charge in [0.1, 0.15) is 5.82 Å². The molecule has 142 valence electrons. The maximum absolute atomic E-state index is 14.4. The third kappa shape index (κ3) is 3.81. The number of rotatable bonds is 3. The van der Waals surface area contributed by atoms with Crippen molar-refractivity contribution in [1.29, 1.82) is 0 Å². The monoisotopic (exact) mass is 418 g/mol. The Morgan fingerprint density at radius 3 is 2.52 bits per heavy atom. The van der Waals surface area contributed by atoms with E-state index in [0.29, 0.717) is 4.88 Å². The van der Waals surface area contributed by atoms with Crippen LogP contribution >= 0.6 is 23.1 Å². The fourth-order valence-electron chi connectivity index (χ4n) is 2.35. The molecule has 0 aliphatic rings. The summed E-state index contributed by atoms with van der Waals surface area (Å²) in [7, 11) is 1.28. The normalized spacial score (nSPS) is 11.7. The van der Waals surface area contributed by atoms with Crippen molar-refractivity contribution in [2.75, 3.05) is 5.32 Å². The highest BCUT2D eigenvalue weighted by Gasteiger charge is 2.35. The van der Waals surface area contributed by atoms with E-state index in [9.17, 15) is 22.4 Å². The molecule has 1 amide bonds. The Balaban J connectivity index is 1.87. The first-order valence-corrected chi connectivity index (χ1v) is 8.57. The Morgan fingerprint density at radius 1 is 1.30 bits per heavy atom. The molecule has 0 aliphatic carbocycles. The topological polar surface area (TPSA) is 59.8 Å². The molecule has 0 atom stereocenters. The lowest BCUT2D eigenvalue weighted by Gasteiger charge is -2.08. The predicted octanol–water partition coefficient (Wildman–Crippen LogP) is 4.92. The Kier molecular flexibility index (Phi) is 4.96. The largest absolute Gasteiger partial charge is 0.435 e. The minimum Gasteiger partial charge on any atom is -0.320 e. The molecule has 11 heteroatoms. The second kappa shape index (κ2) is 6.93. The minimum atomic E-state index is -4.63. The fourth-order valence-corrected chi connectivity index (χ4v) is 3.21. The molecule has 3 aromatic rings. The van der Waals surface area contributed by atoms with E-state index in [4.69, 9.17) is 11.6 Å². The average molecular weight is 419 g/mol. The smallest absolute Gasteiger partial charge is 0.320 e. The van der Waals surface area contributed by atoms with E-state index < -0.39 is 23.6 Å². The van der Waals surface area contributed by atoms with E-state index in [1.54, 1.807) is 6.92 Å². The lowest BCUT2D eigenvalue weighted by molar-refractivity contribution is -0.141. The number of hydrogen-bond acceptors (Lipinski definition) is 4. The highest BCUT2D eigenvalue weighted by molar-refractivity contribution is 7.06. The predicted molar refractivity (Wildman–Crippen MR) is 93.4 cm³/mol. The first-order valence-electron chi connectivity index (χ1n) is 7.42. The van der Waals surface area contributed by atoms with Crippen LogP contribution in [0, 0.1) is 12.7 Å². The van der Waals surface area contributed by atoms with Gasteiger partial charge in [-0.05, 0) is 42.7 Å². The molecule has 1 N–H and O–H groups in total. The standard InChI is InChI=1S/C16H11ClF4N4OS/c1-7-13(17)14(24-27-7)15(26)22-8-3-4-9(10(18)5-8)11-6-12(16(19,20)21)23-25(11)2/h3-6H,1-2H3,(H,22,26). The zero-order valence-corrected chi connectivity index (χ0v) is 15.4. The molecule has 3 rings (SSSR count). The van der Waals surface area contributed by atoms with Gasteiger partial charge in [-0.2, -0.15) is 22.6 Å². The van der Waals surface area contributed by atoms with E-state index in [-0.39, 0.29) is 27.7 Å². The van der Waals surface area contributed by atoms with Gasteiger partial charge in [-0.15, -0.1) is 0 Å². The van der Waals surface area contributed by atoms with Gasteiger partial charge in [0.05, 0.1) is 10.7 Å². The molecule has 1 aromatic carbocycles. The van der Waals surface area contributed by atoms with Gasteiger partial charge in [-0.25, -0.2) is 4.39 Å². The number of aromatic nitrogens is 3. The third-order valence-corrected chi connectivity index (χ3v) is 5.01. The summed E-state index contributed by atoms with van der Waals surface area (Å²) in [6.07, 6.45) is -4.63. The first-order chi connectivity index (χ1) is 12.6. The van der Waals surface area contributed by atoms with Crippen LogP contribution in [0.2, 0.25) is 5.02 Å². The van der Waals surface area contributed by atoms with Crippen molar-refractivity contribution in [3.8, 4) is 11.3 Å². The number of anilines is 1. The molecule has 0 spiro atoms. The molecule has 0 saturated carbocycles.